The molecule has 1 aliphatic heterocycles. The lowest BCUT2D eigenvalue weighted by molar-refractivity contribution is -0.139. The monoisotopic (exact) mass is 453 g/mol. The lowest BCUT2D eigenvalue weighted by Gasteiger charge is -2.23. The van der Waals surface area contributed by atoms with Gasteiger partial charge in [0.05, 0.1) is 17.2 Å². The second-order valence-corrected chi connectivity index (χ2v) is 8.62. The number of aromatic amines is 1. The molecule has 0 aliphatic carbocycles. The molecule has 2 heterocycles. The zero-order valence-corrected chi connectivity index (χ0v) is 16.9. The summed E-state index contributed by atoms with van der Waals surface area (Å²) in [6, 6.07) is 8.85. The first-order valence-corrected chi connectivity index (χ1v) is 10.9. The van der Waals surface area contributed by atoms with Crippen molar-refractivity contribution in [2.75, 3.05) is 6.61 Å². The van der Waals surface area contributed by atoms with E-state index in [2.05, 4.69) is 20.6 Å². The maximum Gasteiger partial charge on any atom is 0.417 e. The number of halogens is 3. The average Bonchev–Trinajstić information content (AvgIpc) is 3.27. The van der Waals surface area contributed by atoms with Gasteiger partial charge in [0.25, 0.3) is 0 Å². The van der Waals surface area contributed by atoms with Crippen LogP contribution in [0.25, 0.3) is 22.5 Å². The molecule has 1 aromatic heterocycles. The Morgan fingerprint density at radius 3 is 2.39 bits per heavy atom. The van der Waals surface area contributed by atoms with Gasteiger partial charge in [-0.15, -0.1) is 10.2 Å². The number of aromatic nitrogens is 4. The van der Waals surface area contributed by atoms with E-state index in [1.807, 2.05) is 0 Å². The van der Waals surface area contributed by atoms with Gasteiger partial charge in [-0.25, -0.2) is 13.6 Å². The van der Waals surface area contributed by atoms with E-state index in [1.54, 1.807) is 24.3 Å². The average molecular weight is 453 g/mol. The van der Waals surface area contributed by atoms with Crippen LogP contribution in [0.2, 0.25) is 0 Å². The molecule has 4 rings (SSSR count). The largest absolute Gasteiger partial charge is 0.417 e. The summed E-state index contributed by atoms with van der Waals surface area (Å²) >= 11 is 0. The first kappa shape index (κ1) is 21.4. The van der Waals surface area contributed by atoms with Crippen molar-refractivity contribution < 1.29 is 26.3 Å². The number of rotatable bonds is 4. The topological polar surface area (TPSA) is 124 Å². The number of hydrogen-bond acceptors (Lipinski definition) is 6. The van der Waals surface area contributed by atoms with E-state index in [4.69, 9.17) is 9.88 Å². The second kappa shape index (κ2) is 8.02. The molecule has 1 atom stereocenters. The summed E-state index contributed by atoms with van der Waals surface area (Å²) in [5, 5.41) is 18.1. The van der Waals surface area contributed by atoms with Crippen LogP contribution in [0.4, 0.5) is 13.2 Å². The molecule has 0 amide bonds. The van der Waals surface area contributed by atoms with E-state index in [0.717, 1.165) is 24.8 Å². The van der Waals surface area contributed by atoms with Crippen molar-refractivity contribution in [1.82, 2.24) is 20.6 Å². The molecular formula is C19H18F3N5O3S. The van der Waals surface area contributed by atoms with Crippen LogP contribution in [-0.4, -0.2) is 35.6 Å². The summed E-state index contributed by atoms with van der Waals surface area (Å²) in [5.74, 6) is -0.315. The number of alkyl halides is 3. The van der Waals surface area contributed by atoms with E-state index in [0.29, 0.717) is 18.2 Å². The van der Waals surface area contributed by atoms with Gasteiger partial charge in [0.15, 0.2) is 0 Å². The molecule has 1 unspecified atom stereocenters. The Kier molecular flexibility index (Phi) is 5.54. The van der Waals surface area contributed by atoms with Crippen LogP contribution in [-0.2, 0) is 20.9 Å². The van der Waals surface area contributed by atoms with Crippen molar-refractivity contribution in [1.29, 1.82) is 0 Å². The molecule has 164 valence electrons. The Labute approximate surface area is 175 Å². The molecule has 8 nitrogen and oxygen atoms in total. The van der Waals surface area contributed by atoms with Crippen molar-refractivity contribution in [3.8, 4) is 22.5 Å². The summed E-state index contributed by atoms with van der Waals surface area (Å²) < 4.78 is 71.0. The molecule has 2 aromatic carbocycles. The number of sulfonamides is 1. The molecule has 0 radical (unpaired) electrons. The van der Waals surface area contributed by atoms with Gasteiger partial charge in [-0.05, 0) is 47.2 Å². The molecule has 3 aromatic rings. The smallest absolute Gasteiger partial charge is 0.374 e. The van der Waals surface area contributed by atoms with Crippen LogP contribution in [0.5, 0.6) is 0 Å². The van der Waals surface area contributed by atoms with Crippen molar-refractivity contribution in [2.45, 2.75) is 36.4 Å². The van der Waals surface area contributed by atoms with Crippen LogP contribution in [0.15, 0.2) is 41.3 Å². The molecule has 31 heavy (non-hydrogen) atoms. The number of nitrogens with two attached hydrogens (primary N) is 1. The van der Waals surface area contributed by atoms with E-state index in [-0.39, 0.29) is 23.1 Å². The number of H-pyrrole nitrogens is 1. The van der Waals surface area contributed by atoms with Gasteiger partial charge in [-0.2, -0.15) is 18.4 Å². The maximum atomic E-state index is 13.6. The third-order valence-corrected chi connectivity index (χ3v) is 6.08. The lowest BCUT2D eigenvalue weighted by Crippen LogP contribution is -2.21. The fourth-order valence-corrected chi connectivity index (χ4v) is 4.69. The Balaban J connectivity index is 1.90. The normalized spacial score (nSPS) is 17.6. The van der Waals surface area contributed by atoms with Crippen molar-refractivity contribution >= 4 is 10.0 Å². The zero-order valence-electron chi connectivity index (χ0n) is 16.1. The number of hydrogen-bond donors (Lipinski definition) is 2. The Bertz CT molecular complexity index is 1170. The van der Waals surface area contributed by atoms with Crippen LogP contribution in [0.3, 0.4) is 0 Å². The third-order valence-electron chi connectivity index (χ3n) is 5.09. The van der Waals surface area contributed by atoms with Crippen LogP contribution in [0, 0.1) is 0 Å². The van der Waals surface area contributed by atoms with Crippen LogP contribution >= 0.6 is 0 Å². The molecule has 0 spiro atoms. The number of nitrogens with one attached hydrogen (secondary N) is 1. The Morgan fingerprint density at radius 2 is 1.84 bits per heavy atom. The van der Waals surface area contributed by atoms with Gasteiger partial charge in [0.1, 0.15) is 4.90 Å². The first-order valence-electron chi connectivity index (χ1n) is 9.39. The van der Waals surface area contributed by atoms with Gasteiger partial charge in [-0.1, -0.05) is 30.3 Å². The molecule has 3 N–H and O–H groups in total. The fourth-order valence-electron chi connectivity index (χ4n) is 3.71. The summed E-state index contributed by atoms with van der Waals surface area (Å²) in [7, 11) is -4.79. The summed E-state index contributed by atoms with van der Waals surface area (Å²) in [4.78, 5) is -1.10. The molecular weight excluding hydrogens is 435 g/mol. The molecule has 1 saturated heterocycles. The Morgan fingerprint density at radius 1 is 1.10 bits per heavy atom. The number of nitrogens with zero attached hydrogens (tertiary/aromatic N) is 3. The maximum absolute atomic E-state index is 13.6. The van der Waals surface area contributed by atoms with E-state index in [1.165, 1.54) is 6.07 Å². The highest BCUT2D eigenvalue weighted by Gasteiger charge is 2.39. The van der Waals surface area contributed by atoms with Crippen molar-refractivity contribution in [2.24, 2.45) is 5.14 Å². The number of tetrazole rings is 1. The summed E-state index contributed by atoms with van der Waals surface area (Å²) in [5.41, 5.74) is -0.186. The molecule has 0 bridgehead atoms. The van der Waals surface area contributed by atoms with Crippen molar-refractivity contribution in [3.63, 3.8) is 0 Å². The fraction of sp³-hybridized carbons (Fsp3) is 0.316. The lowest BCUT2D eigenvalue weighted by atomic mass is 9.94. The minimum Gasteiger partial charge on any atom is -0.374 e. The highest BCUT2D eigenvalue weighted by Crippen LogP contribution is 2.43. The Hall–Kier alpha value is -2.83. The zero-order chi connectivity index (χ0) is 22.2. The third kappa shape index (κ3) is 4.31. The number of primary sulfonamides is 1. The first-order chi connectivity index (χ1) is 14.7. The summed E-state index contributed by atoms with van der Waals surface area (Å²) in [6.07, 6.45) is -2.08. The van der Waals surface area contributed by atoms with Gasteiger partial charge in [0.2, 0.25) is 15.8 Å². The minimum atomic E-state index is -4.96. The quantitative estimate of drug-likeness (QED) is 0.624. The van der Waals surface area contributed by atoms with E-state index < -0.39 is 26.7 Å². The number of benzene rings is 2. The molecule has 1 fully saturated rings. The van der Waals surface area contributed by atoms with Gasteiger partial charge >= 0.3 is 6.18 Å². The SMILES string of the molecule is NS(=O)(=O)c1c(C(F)(F)F)ccc(-c2ccc(C3CCCCO3)cc2)c1-c1nn[nH]n1. The highest BCUT2D eigenvalue weighted by molar-refractivity contribution is 7.89. The van der Waals surface area contributed by atoms with Gasteiger partial charge < -0.3 is 4.74 Å². The minimum absolute atomic E-state index is 0.0490. The predicted octanol–water partition coefficient (Wildman–Crippen LogP) is 3.44. The second-order valence-electron chi connectivity index (χ2n) is 7.12. The summed E-state index contributed by atoms with van der Waals surface area (Å²) in [6.45, 7) is 0.672. The van der Waals surface area contributed by atoms with E-state index in [9.17, 15) is 21.6 Å². The molecule has 0 saturated carbocycles. The number of ether oxygens (including phenoxy) is 1. The molecule has 1 aliphatic rings. The standard InChI is InChI=1S/C19H18F3N5O3S/c20-19(21,22)14-9-8-13(16(17(14)31(23,28)29)18-24-26-27-25-18)11-4-6-12(7-5-11)15-3-1-2-10-30-15/h4-9,15H,1-3,10H2,(H2,23,28,29)(H,24,25,26,27). The van der Waals surface area contributed by atoms with Crippen molar-refractivity contribution in [3.05, 3.63) is 47.5 Å². The van der Waals surface area contributed by atoms with Crippen LogP contribution < -0.4 is 5.14 Å². The van der Waals surface area contributed by atoms with Gasteiger partial charge in [0, 0.05) is 6.61 Å². The van der Waals surface area contributed by atoms with Gasteiger partial charge in [-0.3, -0.25) is 0 Å². The van der Waals surface area contributed by atoms with E-state index >= 15 is 0 Å². The highest BCUT2D eigenvalue weighted by atomic mass is 32.2. The van der Waals surface area contributed by atoms with Crippen LogP contribution in [0.1, 0.15) is 36.5 Å². The predicted molar refractivity (Wildman–Crippen MR) is 104 cm³/mol. The molecule has 12 heteroatoms.